The minimum absolute atomic E-state index is 0.0569. The third-order valence-electron chi connectivity index (χ3n) is 2.99. The summed E-state index contributed by atoms with van der Waals surface area (Å²) >= 11 is 6.08. The van der Waals surface area contributed by atoms with E-state index in [1.54, 1.807) is 24.3 Å². The van der Waals surface area contributed by atoms with Gasteiger partial charge < -0.3 is 16.3 Å². The molecule has 0 aliphatic carbocycles. The number of nitrogens with one attached hydrogen (secondary N) is 1. The maximum absolute atomic E-state index is 12.3. The van der Waals surface area contributed by atoms with E-state index in [0.717, 1.165) is 5.56 Å². The molecule has 0 bridgehead atoms. The first kappa shape index (κ1) is 14.9. The van der Waals surface area contributed by atoms with Crippen molar-refractivity contribution in [3.8, 4) is 0 Å². The average Bonchev–Trinajstić information content (AvgIpc) is 2.50. The summed E-state index contributed by atoms with van der Waals surface area (Å²) in [5.41, 5.74) is 7.79. The van der Waals surface area contributed by atoms with Crippen LogP contribution in [0.2, 0.25) is 5.02 Å². The first-order valence-electron chi connectivity index (χ1n) is 6.17. The van der Waals surface area contributed by atoms with Crippen molar-refractivity contribution in [2.45, 2.75) is 6.92 Å². The largest absolute Gasteiger partial charge is 0.409 e. The lowest BCUT2D eigenvalue weighted by molar-refractivity contribution is 0.102. The van der Waals surface area contributed by atoms with Gasteiger partial charge in [-0.1, -0.05) is 41.0 Å². The lowest BCUT2D eigenvalue weighted by Gasteiger charge is -2.10. The highest BCUT2D eigenvalue weighted by molar-refractivity contribution is 6.34. The van der Waals surface area contributed by atoms with Gasteiger partial charge in [-0.3, -0.25) is 4.79 Å². The molecular weight excluding hydrogens is 290 g/mol. The Kier molecular flexibility index (Phi) is 4.45. The molecular formula is C15H14ClN3O2. The number of anilines is 1. The topological polar surface area (TPSA) is 87.7 Å². The van der Waals surface area contributed by atoms with Crippen LogP contribution < -0.4 is 11.1 Å². The van der Waals surface area contributed by atoms with Gasteiger partial charge in [0.05, 0.1) is 10.7 Å². The molecule has 0 fully saturated rings. The highest BCUT2D eigenvalue weighted by Gasteiger charge is 2.11. The maximum Gasteiger partial charge on any atom is 0.255 e. The van der Waals surface area contributed by atoms with Gasteiger partial charge in [-0.15, -0.1) is 0 Å². The molecule has 1 amide bonds. The number of para-hydroxylation sites is 1. The molecule has 2 aromatic rings. The number of nitrogens with zero attached hydrogens (tertiary/aromatic N) is 1. The zero-order chi connectivity index (χ0) is 15.4. The SMILES string of the molecule is Cc1cccc(Cl)c1NC(=O)c1cccc(C(N)=NO)c1. The Balaban J connectivity index is 2.29. The Morgan fingerprint density at radius 1 is 1.24 bits per heavy atom. The normalized spacial score (nSPS) is 11.2. The Morgan fingerprint density at radius 3 is 2.57 bits per heavy atom. The molecule has 2 rings (SSSR count). The molecule has 0 aliphatic heterocycles. The Hall–Kier alpha value is -2.53. The molecule has 0 radical (unpaired) electrons. The number of benzene rings is 2. The van der Waals surface area contributed by atoms with Crippen molar-refractivity contribution in [1.82, 2.24) is 0 Å². The summed E-state index contributed by atoms with van der Waals surface area (Å²) in [5, 5.41) is 14.8. The zero-order valence-corrected chi connectivity index (χ0v) is 12.1. The van der Waals surface area contributed by atoms with Crippen LogP contribution in [0.25, 0.3) is 0 Å². The molecule has 5 nitrogen and oxygen atoms in total. The van der Waals surface area contributed by atoms with E-state index in [4.69, 9.17) is 22.5 Å². The third-order valence-corrected chi connectivity index (χ3v) is 3.30. The van der Waals surface area contributed by atoms with Crippen LogP contribution in [0.3, 0.4) is 0 Å². The van der Waals surface area contributed by atoms with Crippen LogP contribution in [0.1, 0.15) is 21.5 Å². The summed E-state index contributed by atoms with van der Waals surface area (Å²) in [7, 11) is 0. The first-order valence-corrected chi connectivity index (χ1v) is 6.55. The van der Waals surface area contributed by atoms with E-state index in [2.05, 4.69) is 10.5 Å². The van der Waals surface area contributed by atoms with Crippen LogP contribution >= 0.6 is 11.6 Å². The highest BCUT2D eigenvalue weighted by atomic mass is 35.5. The van der Waals surface area contributed by atoms with Crippen LogP contribution in [0.5, 0.6) is 0 Å². The summed E-state index contributed by atoms with van der Waals surface area (Å²) in [6.07, 6.45) is 0. The number of halogens is 1. The van der Waals surface area contributed by atoms with Crippen molar-refractivity contribution in [2.75, 3.05) is 5.32 Å². The second-order valence-electron chi connectivity index (χ2n) is 4.45. The van der Waals surface area contributed by atoms with Gasteiger partial charge in [0.2, 0.25) is 0 Å². The number of hydrogen-bond acceptors (Lipinski definition) is 3. The van der Waals surface area contributed by atoms with Gasteiger partial charge >= 0.3 is 0 Å². The number of carbonyl (C=O) groups is 1. The molecule has 21 heavy (non-hydrogen) atoms. The van der Waals surface area contributed by atoms with Gasteiger partial charge in [0.25, 0.3) is 5.91 Å². The van der Waals surface area contributed by atoms with Gasteiger partial charge in [-0.25, -0.2) is 0 Å². The number of amides is 1. The van der Waals surface area contributed by atoms with Crippen LogP contribution in [0, 0.1) is 6.92 Å². The number of amidine groups is 1. The van der Waals surface area contributed by atoms with Gasteiger partial charge in [-0.2, -0.15) is 0 Å². The number of aryl methyl sites for hydroxylation is 1. The van der Waals surface area contributed by atoms with Gasteiger partial charge in [0, 0.05) is 11.1 Å². The highest BCUT2D eigenvalue weighted by Crippen LogP contribution is 2.25. The summed E-state index contributed by atoms with van der Waals surface area (Å²) < 4.78 is 0. The molecule has 4 N–H and O–H groups in total. The number of nitrogens with two attached hydrogens (primary N) is 1. The third kappa shape index (κ3) is 3.32. The van der Waals surface area contributed by atoms with Gasteiger partial charge in [-0.05, 0) is 30.7 Å². The number of hydrogen-bond donors (Lipinski definition) is 3. The summed E-state index contributed by atoms with van der Waals surface area (Å²) in [5.74, 6) is -0.377. The smallest absolute Gasteiger partial charge is 0.255 e. The van der Waals surface area contributed by atoms with E-state index < -0.39 is 0 Å². The fourth-order valence-electron chi connectivity index (χ4n) is 1.85. The predicted molar refractivity (Wildman–Crippen MR) is 83.1 cm³/mol. The lowest BCUT2D eigenvalue weighted by atomic mass is 10.1. The summed E-state index contributed by atoms with van der Waals surface area (Å²) in [6.45, 7) is 1.86. The van der Waals surface area contributed by atoms with Crippen molar-refractivity contribution < 1.29 is 10.0 Å². The van der Waals surface area contributed by atoms with E-state index >= 15 is 0 Å². The quantitative estimate of drug-likeness (QED) is 0.352. The molecule has 0 aliphatic rings. The Bertz CT molecular complexity index is 694. The second kappa shape index (κ2) is 6.28. The van der Waals surface area contributed by atoms with Crippen LogP contribution in [-0.4, -0.2) is 17.0 Å². The standard InChI is InChI=1S/C15H14ClN3O2/c1-9-4-2-7-12(16)13(9)18-15(20)11-6-3-5-10(8-11)14(17)19-21/h2-8,21H,1H3,(H2,17,19)(H,18,20). The number of oxime groups is 1. The van der Waals surface area contributed by atoms with E-state index in [-0.39, 0.29) is 11.7 Å². The first-order chi connectivity index (χ1) is 10.0. The lowest BCUT2D eigenvalue weighted by Crippen LogP contribution is -2.16. The van der Waals surface area contributed by atoms with E-state index in [1.807, 2.05) is 19.1 Å². The van der Waals surface area contributed by atoms with Crippen molar-refractivity contribution >= 4 is 29.0 Å². The fourth-order valence-corrected chi connectivity index (χ4v) is 2.12. The average molecular weight is 304 g/mol. The van der Waals surface area contributed by atoms with Crippen molar-refractivity contribution in [3.63, 3.8) is 0 Å². The van der Waals surface area contributed by atoms with Gasteiger partial charge in [0.15, 0.2) is 5.84 Å². The summed E-state index contributed by atoms with van der Waals surface area (Å²) in [4.78, 5) is 12.3. The maximum atomic E-state index is 12.3. The molecule has 2 aromatic carbocycles. The molecule has 0 spiro atoms. The number of rotatable bonds is 3. The monoisotopic (exact) mass is 303 g/mol. The molecule has 0 heterocycles. The Labute approximate surface area is 127 Å². The molecule has 6 heteroatoms. The molecule has 0 unspecified atom stereocenters. The fraction of sp³-hybridized carbons (Fsp3) is 0.0667. The van der Waals surface area contributed by atoms with E-state index in [1.165, 1.54) is 6.07 Å². The molecule has 0 aromatic heterocycles. The molecule has 0 atom stereocenters. The van der Waals surface area contributed by atoms with Gasteiger partial charge in [0.1, 0.15) is 0 Å². The zero-order valence-electron chi connectivity index (χ0n) is 11.3. The van der Waals surface area contributed by atoms with Crippen molar-refractivity contribution in [1.29, 1.82) is 0 Å². The molecule has 108 valence electrons. The predicted octanol–water partition coefficient (Wildman–Crippen LogP) is 3.00. The molecule has 0 saturated carbocycles. The van der Waals surface area contributed by atoms with Crippen LogP contribution in [0.15, 0.2) is 47.6 Å². The van der Waals surface area contributed by atoms with Crippen LogP contribution in [0.4, 0.5) is 5.69 Å². The van der Waals surface area contributed by atoms with Crippen molar-refractivity contribution in [2.24, 2.45) is 10.9 Å². The molecule has 0 saturated heterocycles. The van der Waals surface area contributed by atoms with Crippen LogP contribution in [-0.2, 0) is 0 Å². The Morgan fingerprint density at radius 2 is 1.90 bits per heavy atom. The van der Waals surface area contributed by atoms with Crippen molar-refractivity contribution in [3.05, 3.63) is 64.2 Å². The minimum Gasteiger partial charge on any atom is -0.409 e. The summed E-state index contributed by atoms with van der Waals surface area (Å²) in [6, 6.07) is 11.8. The minimum atomic E-state index is -0.321. The van der Waals surface area contributed by atoms with E-state index in [0.29, 0.717) is 21.8 Å². The number of carbonyl (C=O) groups excluding carboxylic acids is 1. The van der Waals surface area contributed by atoms with E-state index in [9.17, 15) is 4.79 Å². The second-order valence-corrected chi connectivity index (χ2v) is 4.86.